The minimum atomic E-state index is -1.67. The first-order valence-corrected chi connectivity index (χ1v) is 10.7. The van der Waals surface area contributed by atoms with Crippen LogP contribution in [0, 0.1) is 0 Å². The van der Waals surface area contributed by atoms with Gasteiger partial charge in [-0.15, -0.1) is 0 Å². The van der Waals surface area contributed by atoms with Gasteiger partial charge in [0.25, 0.3) is 0 Å². The zero-order chi connectivity index (χ0) is 20.9. The van der Waals surface area contributed by atoms with Crippen molar-refractivity contribution < 1.29 is 24.7 Å². The number of carbonyl (C=O) groups is 2. The molecule has 156 valence electrons. The maximum absolute atomic E-state index is 12.6. The number of amides is 2. The lowest BCUT2D eigenvalue weighted by Crippen LogP contribution is -2.54. The molecular weight excluding hydrogens is 381 g/mol. The van der Waals surface area contributed by atoms with Crippen LogP contribution in [0.5, 0.6) is 5.75 Å². The van der Waals surface area contributed by atoms with Gasteiger partial charge in [0.2, 0.25) is 11.8 Å². The third-order valence-corrected chi connectivity index (χ3v) is 4.86. The summed E-state index contributed by atoms with van der Waals surface area (Å²) in [4.78, 5) is 25.0. The number of nitrogens with one attached hydrogen (secondary N) is 2. The number of carbonyl (C=O) groups excluding carboxylic acids is 2. The van der Waals surface area contributed by atoms with E-state index in [0.29, 0.717) is 37.1 Å². The molecule has 0 fully saturated rings. The Hall–Kier alpha value is -1.75. The van der Waals surface area contributed by atoms with Crippen LogP contribution in [0.4, 0.5) is 0 Å². The summed E-state index contributed by atoms with van der Waals surface area (Å²) in [7, 11) is -1.67. The van der Waals surface area contributed by atoms with E-state index >= 15 is 0 Å². The van der Waals surface area contributed by atoms with Crippen molar-refractivity contribution in [1.82, 2.24) is 10.6 Å². The van der Waals surface area contributed by atoms with Gasteiger partial charge in [-0.05, 0) is 61.9 Å². The molecule has 1 aromatic carbocycles. The predicted molar refractivity (Wildman–Crippen MR) is 112 cm³/mol. The van der Waals surface area contributed by atoms with E-state index in [1.165, 1.54) is 23.9 Å². The molecule has 0 aliphatic heterocycles. The molecule has 0 aliphatic rings. The number of hydrogen-bond donors (Lipinski definition) is 6. The molecule has 0 saturated carbocycles. The minimum absolute atomic E-state index is 0.0689. The van der Waals surface area contributed by atoms with Gasteiger partial charge < -0.3 is 31.5 Å². The summed E-state index contributed by atoms with van der Waals surface area (Å²) in [5.74, 6) is -0.805. The quantitative estimate of drug-likeness (QED) is 0.195. The highest BCUT2D eigenvalue weighted by Gasteiger charge is 2.28. The molecule has 0 heterocycles. The zero-order valence-electron chi connectivity index (χ0n) is 16.1. The lowest BCUT2D eigenvalue weighted by molar-refractivity contribution is -0.129. The molecule has 2 atom stereocenters. The molecule has 1 aromatic rings. The molecule has 2 amide bonds. The van der Waals surface area contributed by atoms with E-state index in [1.54, 1.807) is 12.1 Å². The molecule has 0 saturated heterocycles. The van der Waals surface area contributed by atoms with Crippen molar-refractivity contribution in [2.24, 2.45) is 5.73 Å². The molecule has 10 heteroatoms. The average molecular weight is 411 g/mol. The van der Waals surface area contributed by atoms with Crippen molar-refractivity contribution in [3.63, 3.8) is 0 Å². The molecule has 0 aromatic heterocycles. The smallest absolute Gasteiger partial charge is 0.475 e. The van der Waals surface area contributed by atoms with Gasteiger partial charge in [0.15, 0.2) is 0 Å². The van der Waals surface area contributed by atoms with Crippen LogP contribution in [-0.2, 0) is 16.0 Å². The Kier molecular flexibility index (Phi) is 11.7. The zero-order valence-corrected chi connectivity index (χ0v) is 17.0. The first-order valence-electron chi connectivity index (χ1n) is 9.30. The molecule has 0 bridgehead atoms. The molecule has 28 heavy (non-hydrogen) atoms. The summed E-state index contributed by atoms with van der Waals surface area (Å²) in [6, 6.07) is 5.48. The van der Waals surface area contributed by atoms with Crippen LogP contribution in [-0.4, -0.2) is 64.6 Å². The number of benzene rings is 1. The first kappa shape index (κ1) is 24.3. The fraction of sp³-hybridized carbons (Fsp3) is 0.556. The Morgan fingerprint density at radius 3 is 2.39 bits per heavy atom. The summed E-state index contributed by atoms with van der Waals surface area (Å²) < 4.78 is 0. The van der Waals surface area contributed by atoms with Crippen molar-refractivity contribution in [2.75, 3.05) is 18.6 Å². The minimum Gasteiger partial charge on any atom is -0.508 e. The highest BCUT2D eigenvalue weighted by molar-refractivity contribution is 7.98. The first-order chi connectivity index (χ1) is 13.4. The van der Waals surface area contributed by atoms with Gasteiger partial charge in [0.05, 0.1) is 12.4 Å². The van der Waals surface area contributed by atoms with E-state index in [0.717, 1.165) is 6.42 Å². The summed E-state index contributed by atoms with van der Waals surface area (Å²) in [6.07, 6.45) is 4.14. The number of unbranched alkanes of at least 4 members (excludes halogenated alkanes) is 1. The van der Waals surface area contributed by atoms with Gasteiger partial charge in [0.1, 0.15) is 11.8 Å². The van der Waals surface area contributed by atoms with Crippen LogP contribution in [0.3, 0.4) is 0 Å². The Labute approximate surface area is 170 Å². The Morgan fingerprint density at radius 2 is 1.82 bits per heavy atom. The van der Waals surface area contributed by atoms with E-state index < -0.39 is 25.0 Å². The largest absolute Gasteiger partial charge is 0.508 e. The topological polar surface area (TPSA) is 145 Å². The van der Waals surface area contributed by atoms with Crippen LogP contribution in [0.1, 0.15) is 31.2 Å². The highest BCUT2D eigenvalue weighted by atomic mass is 32.2. The Balaban J connectivity index is 2.72. The number of phenolic OH excluding ortho intramolecular Hbond substituents is 1. The summed E-state index contributed by atoms with van der Waals surface area (Å²) in [5, 5.41) is 33.6. The lowest BCUT2D eigenvalue weighted by Gasteiger charge is -2.23. The van der Waals surface area contributed by atoms with Crippen LogP contribution >= 0.6 is 11.8 Å². The van der Waals surface area contributed by atoms with Gasteiger partial charge in [-0.3, -0.25) is 9.59 Å². The van der Waals surface area contributed by atoms with Crippen molar-refractivity contribution in [3.8, 4) is 5.75 Å². The normalized spacial score (nSPS) is 12.9. The van der Waals surface area contributed by atoms with E-state index in [4.69, 9.17) is 5.73 Å². The lowest BCUT2D eigenvalue weighted by atomic mass is 9.77. The maximum Gasteiger partial charge on any atom is 0.475 e. The van der Waals surface area contributed by atoms with Gasteiger partial charge >= 0.3 is 7.12 Å². The number of aromatic hydroxyl groups is 1. The van der Waals surface area contributed by atoms with E-state index in [-0.39, 0.29) is 18.1 Å². The van der Waals surface area contributed by atoms with Crippen molar-refractivity contribution >= 4 is 30.7 Å². The standard InChI is InChI=1S/C18H30BN3O5S/c1-28-11-9-16(19(26)27)22-18(25)15(4-2-3-10-20)21-17(24)12-13-5-7-14(23)8-6-13/h5-8,15-16,23,26-27H,2-4,9-12,20H2,1H3,(H,21,24)(H,22,25)/t15-,16-/m0/s1. The highest BCUT2D eigenvalue weighted by Crippen LogP contribution is 2.11. The molecule has 0 radical (unpaired) electrons. The van der Waals surface area contributed by atoms with E-state index in [2.05, 4.69) is 10.6 Å². The summed E-state index contributed by atoms with van der Waals surface area (Å²) >= 11 is 1.54. The second-order valence-corrected chi connectivity index (χ2v) is 7.54. The molecule has 8 nitrogen and oxygen atoms in total. The molecule has 0 unspecified atom stereocenters. The predicted octanol–water partition coefficient (Wildman–Crippen LogP) is -0.202. The van der Waals surface area contributed by atoms with E-state index in [9.17, 15) is 24.7 Å². The fourth-order valence-electron chi connectivity index (χ4n) is 2.63. The van der Waals surface area contributed by atoms with Crippen LogP contribution in [0.25, 0.3) is 0 Å². The summed E-state index contributed by atoms with van der Waals surface area (Å²) in [5.41, 5.74) is 6.21. The number of phenols is 1. The molecule has 1 rings (SSSR count). The van der Waals surface area contributed by atoms with E-state index in [1.807, 2.05) is 6.26 Å². The number of thioether (sulfide) groups is 1. The van der Waals surface area contributed by atoms with Gasteiger partial charge in [-0.2, -0.15) is 11.8 Å². The third kappa shape index (κ3) is 9.45. The number of hydrogen-bond acceptors (Lipinski definition) is 7. The number of rotatable bonds is 13. The van der Waals surface area contributed by atoms with Gasteiger partial charge in [-0.25, -0.2) is 0 Å². The van der Waals surface area contributed by atoms with Crippen molar-refractivity contribution in [3.05, 3.63) is 29.8 Å². The van der Waals surface area contributed by atoms with Gasteiger partial charge in [0, 0.05) is 0 Å². The Bertz CT molecular complexity index is 603. The fourth-order valence-corrected chi connectivity index (χ4v) is 3.12. The Morgan fingerprint density at radius 1 is 1.14 bits per heavy atom. The van der Waals surface area contributed by atoms with Crippen LogP contribution < -0.4 is 16.4 Å². The molecular formula is C18H30BN3O5S. The van der Waals surface area contributed by atoms with Crippen LogP contribution in [0.2, 0.25) is 0 Å². The molecule has 0 aliphatic carbocycles. The molecule has 7 N–H and O–H groups in total. The average Bonchev–Trinajstić information content (AvgIpc) is 2.65. The summed E-state index contributed by atoms with van der Waals surface area (Å²) in [6.45, 7) is 0.488. The monoisotopic (exact) mass is 411 g/mol. The number of nitrogens with two attached hydrogens (primary N) is 1. The SMILES string of the molecule is CSCC[C@H](NC(=O)[C@H](CCCCN)NC(=O)Cc1ccc(O)cc1)B(O)O. The third-order valence-electron chi connectivity index (χ3n) is 4.22. The second-order valence-electron chi connectivity index (χ2n) is 6.56. The maximum atomic E-state index is 12.6. The second kappa shape index (κ2) is 13.4. The molecule has 0 spiro atoms. The van der Waals surface area contributed by atoms with Crippen LogP contribution in [0.15, 0.2) is 24.3 Å². The van der Waals surface area contributed by atoms with Crippen molar-refractivity contribution in [2.45, 2.75) is 44.1 Å². The van der Waals surface area contributed by atoms with Crippen molar-refractivity contribution in [1.29, 1.82) is 0 Å². The van der Waals surface area contributed by atoms with Gasteiger partial charge in [-0.1, -0.05) is 12.1 Å².